The molecule has 0 saturated heterocycles. The van der Waals surface area contributed by atoms with Crippen molar-refractivity contribution in [3.05, 3.63) is 71.2 Å². The Labute approximate surface area is 183 Å². The summed E-state index contributed by atoms with van der Waals surface area (Å²) in [7, 11) is 0. The van der Waals surface area contributed by atoms with Crippen LogP contribution in [0.5, 0.6) is 0 Å². The van der Waals surface area contributed by atoms with Crippen molar-refractivity contribution in [1.29, 1.82) is 0 Å². The zero-order valence-electron chi connectivity index (χ0n) is 16.1. The van der Waals surface area contributed by atoms with Crippen LogP contribution in [0.1, 0.15) is 12.5 Å². The van der Waals surface area contributed by atoms with Crippen LogP contribution in [0.3, 0.4) is 0 Å². The zero-order chi connectivity index (χ0) is 20.4. The first-order valence-corrected chi connectivity index (χ1v) is 11.2. The second kappa shape index (κ2) is 8.55. The maximum Gasteiger partial charge on any atom is 0.237 e. The number of amides is 1. The summed E-state index contributed by atoms with van der Waals surface area (Å²) in [5.41, 5.74) is 3.22. The maximum atomic E-state index is 12.9. The number of rotatable bonds is 6. The lowest BCUT2D eigenvalue weighted by Gasteiger charge is -2.22. The monoisotopic (exact) mass is 468 g/mol. The van der Waals surface area contributed by atoms with Crippen LogP contribution in [-0.4, -0.2) is 32.5 Å². The summed E-state index contributed by atoms with van der Waals surface area (Å²) in [4.78, 5) is 19.5. The average Bonchev–Trinajstić information content (AvgIpc) is 3.27. The number of benzene rings is 2. The molecule has 2 aromatic carbocycles. The number of nitrogens with zero attached hydrogens (tertiary/aromatic N) is 4. The fourth-order valence-corrected chi connectivity index (χ4v) is 4.55. The van der Waals surface area contributed by atoms with Crippen molar-refractivity contribution in [2.75, 3.05) is 10.7 Å². The van der Waals surface area contributed by atoms with E-state index in [1.165, 1.54) is 17.3 Å². The molecular formula is C22H21BrN4OS. The van der Waals surface area contributed by atoms with E-state index in [0.29, 0.717) is 17.5 Å². The predicted octanol–water partition coefficient (Wildman–Crippen LogP) is 4.96. The fourth-order valence-electron chi connectivity index (χ4n) is 3.59. The number of anilines is 1. The topological polar surface area (TPSA) is 51.0 Å². The summed E-state index contributed by atoms with van der Waals surface area (Å²) in [5, 5.41) is 5.17. The molecule has 29 heavy (non-hydrogen) atoms. The minimum absolute atomic E-state index is 0.0812. The Morgan fingerprint density at radius 1 is 1.28 bits per heavy atom. The van der Waals surface area contributed by atoms with Crippen LogP contribution >= 0.6 is 27.7 Å². The molecule has 0 saturated carbocycles. The average molecular weight is 469 g/mol. The van der Waals surface area contributed by atoms with Crippen molar-refractivity contribution in [2.45, 2.75) is 31.1 Å². The predicted molar refractivity (Wildman–Crippen MR) is 121 cm³/mol. The Kier molecular flexibility index (Phi) is 5.87. The van der Waals surface area contributed by atoms with Gasteiger partial charge in [0.05, 0.1) is 12.3 Å². The van der Waals surface area contributed by atoms with Crippen LogP contribution in [-0.2, 0) is 17.8 Å². The van der Waals surface area contributed by atoms with Crippen LogP contribution in [0.2, 0.25) is 0 Å². The first kappa shape index (κ1) is 19.9. The van der Waals surface area contributed by atoms with E-state index in [0.717, 1.165) is 28.0 Å². The molecule has 2 heterocycles. The van der Waals surface area contributed by atoms with Crippen LogP contribution < -0.4 is 4.90 Å². The van der Waals surface area contributed by atoms with Gasteiger partial charge >= 0.3 is 0 Å². The second-order valence-corrected chi connectivity index (χ2v) is 8.79. The van der Waals surface area contributed by atoms with E-state index in [1.807, 2.05) is 52.0 Å². The lowest BCUT2D eigenvalue weighted by Crippen LogP contribution is -2.37. The van der Waals surface area contributed by atoms with Crippen LogP contribution in [0.25, 0.3) is 11.4 Å². The highest BCUT2D eigenvalue weighted by atomic mass is 79.9. The number of halogens is 1. The van der Waals surface area contributed by atoms with E-state index in [4.69, 9.17) is 0 Å². The van der Waals surface area contributed by atoms with Crippen molar-refractivity contribution in [3.8, 4) is 11.4 Å². The number of hydrogen-bond acceptors (Lipinski definition) is 4. The standard InChI is InChI=1S/C22H21BrN4OS/c1-3-12-26-21(16-8-10-18(23)11-9-16)24-22(25-26)29-14-20(28)27-15(2)13-17-6-4-5-7-19(17)27/h3-11,15H,1,12-14H2,2H3. The number of hydrogen-bond donors (Lipinski definition) is 0. The summed E-state index contributed by atoms with van der Waals surface area (Å²) < 4.78 is 2.83. The molecule has 148 valence electrons. The van der Waals surface area contributed by atoms with E-state index >= 15 is 0 Å². The Bertz CT molecular complexity index is 1050. The molecule has 0 fully saturated rings. The van der Waals surface area contributed by atoms with Gasteiger partial charge in [0.1, 0.15) is 0 Å². The molecule has 1 aromatic heterocycles. The van der Waals surface area contributed by atoms with Gasteiger partial charge in [-0.25, -0.2) is 9.67 Å². The van der Waals surface area contributed by atoms with Crippen LogP contribution in [0.4, 0.5) is 5.69 Å². The molecule has 3 aromatic rings. The normalized spacial score (nSPS) is 15.4. The Hall–Kier alpha value is -2.38. The first-order valence-electron chi connectivity index (χ1n) is 9.41. The molecule has 5 nitrogen and oxygen atoms in total. The third-order valence-electron chi connectivity index (χ3n) is 4.86. The third kappa shape index (κ3) is 4.16. The summed E-state index contributed by atoms with van der Waals surface area (Å²) in [5.74, 6) is 1.15. The summed E-state index contributed by atoms with van der Waals surface area (Å²) in [6.45, 7) is 6.45. The molecule has 0 radical (unpaired) electrons. The number of para-hydroxylation sites is 1. The molecule has 4 rings (SSSR count). The molecule has 0 spiro atoms. The Morgan fingerprint density at radius 2 is 2.03 bits per heavy atom. The van der Waals surface area contributed by atoms with Crippen LogP contribution in [0, 0.1) is 0 Å². The van der Waals surface area contributed by atoms with Crippen molar-refractivity contribution in [2.24, 2.45) is 0 Å². The van der Waals surface area contributed by atoms with Crippen molar-refractivity contribution < 1.29 is 4.79 Å². The van der Waals surface area contributed by atoms with E-state index in [-0.39, 0.29) is 11.9 Å². The van der Waals surface area contributed by atoms with Crippen LogP contribution in [0.15, 0.2) is 70.8 Å². The molecule has 7 heteroatoms. The molecule has 1 amide bonds. The number of aromatic nitrogens is 3. The van der Waals surface area contributed by atoms with Gasteiger partial charge in [0.25, 0.3) is 0 Å². The quantitative estimate of drug-likeness (QED) is 0.378. The van der Waals surface area contributed by atoms with Crippen molar-refractivity contribution >= 4 is 39.3 Å². The lowest BCUT2D eigenvalue weighted by atomic mass is 10.1. The highest BCUT2D eigenvalue weighted by molar-refractivity contribution is 9.10. The molecule has 0 bridgehead atoms. The van der Waals surface area contributed by atoms with Gasteiger partial charge in [-0.15, -0.1) is 11.7 Å². The van der Waals surface area contributed by atoms with Gasteiger partial charge in [0.2, 0.25) is 11.1 Å². The second-order valence-electron chi connectivity index (χ2n) is 6.93. The maximum absolute atomic E-state index is 12.9. The van der Waals surface area contributed by atoms with E-state index in [2.05, 4.69) is 45.6 Å². The van der Waals surface area contributed by atoms with E-state index in [1.54, 1.807) is 6.08 Å². The van der Waals surface area contributed by atoms with Gasteiger partial charge in [-0.05, 0) is 37.1 Å². The summed E-state index contributed by atoms with van der Waals surface area (Å²) >= 11 is 4.83. The Balaban J connectivity index is 1.51. The minimum atomic E-state index is 0.0812. The molecule has 1 aliphatic rings. The molecule has 0 aliphatic carbocycles. The molecular weight excluding hydrogens is 448 g/mol. The number of fused-ring (bicyclic) bond motifs is 1. The SMILES string of the molecule is C=CCn1nc(SCC(=O)N2c3ccccc3CC2C)nc1-c1ccc(Br)cc1. The van der Waals surface area contributed by atoms with Gasteiger partial charge in [-0.3, -0.25) is 4.79 Å². The zero-order valence-corrected chi connectivity index (χ0v) is 18.5. The van der Waals surface area contributed by atoms with E-state index < -0.39 is 0 Å². The molecule has 1 aliphatic heterocycles. The largest absolute Gasteiger partial charge is 0.308 e. The number of allylic oxidation sites excluding steroid dienone is 1. The van der Waals surface area contributed by atoms with Gasteiger partial charge in [0.15, 0.2) is 5.82 Å². The lowest BCUT2D eigenvalue weighted by molar-refractivity contribution is -0.116. The summed E-state index contributed by atoms with van der Waals surface area (Å²) in [6.07, 6.45) is 2.69. The summed E-state index contributed by atoms with van der Waals surface area (Å²) in [6, 6.07) is 16.2. The number of carbonyl (C=O) groups is 1. The Morgan fingerprint density at radius 3 is 2.79 bits per heavy atom. The van der Waals surface area contributed by atoms with Gasteiger partial charge in [-0.2, -0.15) is 0 Å². The van der Waals surface area contributed by atoms with Gasteiger partial charge in [-0.1, -0.05) is 64.1 Å². The first-order chi connectivity index (χ1) is 14.1. The van der Waals surface area contributed by atoms with Crippen molar-refractivity contribution in [3.63, 3.8) is 0 Å². The minimum Gasteiger partial charge on any atom is -0.308 e. The van der Waals surface area contributed by atoms with E-state index in [9.17, 15) is 4.79 Å². The third-order valence-corrected chi connectivity index (χ3v) is 6.21. The smallest absolute Gasteiger partial charge is 0.237 e. The highest BCUT2D eigenvalue weighted by Crippen LogP contribution is 2.33. The fraction of sp³-hybridized carbons (Fsp3) is 0.227. The molecule has 1 atom stereocenters. The molecule has 1 unspecified atom stereocenters. The number of thioether (sulfide) groups is 1. The number of carbonyl (C=O) groups excluding carboxylic acids is 1. The molecule has 0 N–H and O–H groups in total. The van der Waals surface area contributed by atoms with Gasteiger partial charge < -0.3 is 4.90 Å². The highest BCUT2D eigenvalue weighted by Gasteiger charge is 2.30. The van der Waals surface area contributed by atoms with Crippen molar-refractivity contribution in [1.82, 2.24) is 14.8 Å². The van der Waals surface area contributed by atoms with Gasteiger partial charge in [0, 0.05) is 21.8 Å².